The van der Waals surface area contributed by atoms with Crippen molar-refractivity contribution in [2.75, 3.05) is 0 Å². The number of nitrogens with one attached hydrogen (secondary N) is 1. The molecule has 0 saturated heterocycles. The molecule has 1 aromatic rings. The van der Waals surface area contributed by atoms with Gasteiger partial charge in [-0.2, -0.15) is 0 Å². The fourth-order valence-electron chi connectivity index (χ4n) is 3.09. The minimum absolute atomic E-state index is 0.372. The van der Waals surface area contributed by atoms with Crippen LogP contribution in [0.1, 0.15) is 47.9 Å². The Morgan fingerprint density at radius 2 is 1.57 bits per heavy atom. The maximum Gasteiger partial charge on any atom is 0.241 e. The Balaban J connectivity index is 2.40. The van der Waals surface area contributed by atoms with E-state index in [9.17, 15) is 13.5 Å². The van der Waals surface area contributed by atoms with Crippen LogP contribution in [0.15, 0.2) is 11.0 Å². The highest BCUT2D eigenvalue weighted by Gasteiger charge is 2.30. The summed E-state index contributed by atoms with van der Waals surface area (Å²) in [6.45, 7) is 7.54. The van der Waals surface area contributed by atoms with Crippen LogP contribution in [0.4, 0.5) is 0 Å². The van der Waals surface area contributed by atoms with Crippen molar-refractivity contribution in [1.82, 2.24) is 4.72 Å². The van der Waals surface area contributed by atoms with Crippen LogP contribution >= 0.6 is 0 Å². The minimum atomic E-state index is -3.61. The molecule has 1 saturated carbocycles. The molecule has 1 fully saturated rings. The van der Waals surface area contributed by atoms with Gasteiger partial charge in [0.05, 0.1) is 11.0 Å². The van der Waals surface area contributed by atoms with Crippen LogP contribution in [0.25, 0.3) is 0 Å². The second-order valence-electron chi connectivity index (χ2n) is 6.17. The van der Waals surface area contributed by atoms with Crippen molar-refractivity contribution in [3.8, 4) is 0 Å². The van der Waals surface area contributed by atoms with E-state index in [1.54, 1.807) is 0 Å². The van der Waals surface area contributed by atoms with E-state index in [4.69, 9.17) is 0 Å². The van der Waals surface area contributed by atoms with Gasteiger partial charge in [-0.25, -0.2) is 13.1 Å². The molecular formula is C16H25NO3S. The molecule has 0 amide bonds. The molecule has 0 aromatic heterocycles. The number of hydrogen-bond donors (Lipinski definition) is 2. The maximum atomic E-state index is 12.8. The number of aliphatic hydroxyl groups excluding tert-OH is 1. The molecule has 0 unspecified atom stereocenters. The van der Waals surface area contributed by atoms with Crippen LogP contribution in [0.3, 0.4) is 0 Å². The average molecular weight is 311 g/mol. The first kappa shape index (κ1) is 16.5. The fraction of sp³-hybridized carbons (Fsp3) is 0.625. The van der Waals surface area contributed by atoms with E-state index >= 15 is 0 Å². The summed E-state index contributed by atoms with van der Waals surface area (Å²) in [5.74, 6) is 0. The van der Waals surface area contributed by atoms with E-state index in [-0.39, 0.29) is 6.04 Å². The van der Waals surface area contributed by atoms with Crippen molar-refractivity contribution in [3.63, 3.8) is 0 Å². The number of rotatable bonds is 3. The average Bonchev–Trinajstić information content (AvgIpc) is 2.39. The summed E-state index contributed by atoms with van der Waals surface area (Å²) in [7, 11) is -3.61. The van der Waals surface area contributed by atoms with Gasteiger partial charge < -0.3 is 5.11 Å². The van der Waals surface area contributed by atoms with Gasteiger partial charge in [0.25, 0.3) is 0 Å². The lowest BCUT2D eigenvalue weighted by molar-refractivity contribution is 0.101. The summed E-state index contributed by atoms with van der Waals surface area (Å²) in [6, 6.07) is 1.64. The van der Waals surface area contributed by atoms with Gasteiger partial charge in [0, 0.05) is 6.04 Å². The van der Waals surface area contributed by atoms with Crippen LogP contribution in [-0.4, -0.2) is 25.7 Å². The highest BCUT2D eigenvalue weighted by molar-refractivity contribution is 7.89. The lowest BCUT2D eigenvalue weighted by Gasteiger charge is -2.29. The third kappa shape index (κ3) is 3.30. The summed E-state index contributed by atoms with van der Waals surface area (Å²) in [6.07, 6.45) is 2.69. The molecule has 0 spiro atoms. The Hall–Kier alpha value is -0.910. The van der Waals surface area contributed by atoms with E-state index in [2.05, 4.69) is 4.72 Å². The number of hydrogen-bond acceptors (Lipinski definition) is 3. The van der Waals surface area contributed by atoms with Gasteiger partial charge >= 0.3 is 0 Å². The molecule has 1 aliphatic carbocycles. The monoisotopic (exact) mass is 311 g/mol. The van der Waals surface area contributed by atoms with Gasteiger partial charge in [-0.3, -0.25) is 0 Å². The molecule has 1 aromatic carbocycles. The first-order valence-electron chi connectivity index (χ1n) is 7.52. The van der Waals surface area contributed by atoms with Gasteiger partial charge in [0.1, 0.15) is 0 Å². The third-order valence-electron chi connectivity index (χ3n) is 4.60. The first-order chi connectivity index (χ1) is 9.74. The first-order valence-corrected chi connectivity index (χ1v) is 9.00. The Morgan fingerprint density at radius 3 is 2.10 bits per heavy atom. The van der Waals surface area contributed by atoms with Crippen LogP contribution in [0.2, 0.25) is 0 Å². The Bertz CT molecular complexity index is 611. The molecule has 4 nitrogen and oxygen atoms in total. The lowest BCUT2D eigenvalue weighted by atomic mass is 9.93. The largest absolute Gasteiger partial charge is 0.391 e. The zero-order chi connectivity index (χ0) is 15.8. The second kappa shape index (κ2) is 6.07. The van der Waals surface area contributed by atoms with Crippen molar-refractivity contribution in [2.45, 2.75) is 70.4 Å². The van der Waals surface area contributed by atoms with Crippen LogP contribution in [0.5, 0.6) is 0 Å². The molecule has 5 heteroatoms. The van der Waals surface area contributed by atoms with Crippen molar-refractivity contribution in [3.05, 3.63) is 28.3 Å². The molecular weight excluding hydrogens is 286 g/mol. The molecule has 2 atom stereocenters. The van der Waals surface area contributed by atoms with Gasteiger partial charge in [0.2, 0.25) is 10.0 Å². The smallest absolute Gasteiger partial charge is 0.241 e. The van der Waals surface area contributed by atoms with Gasteiger partial charge in [-0.1, -0.05) is 18.9 Å². The molecule has 0 heterocycles. The standard InChI is InChI=1S/C16H25NO3S/c1-10-9-11(2)13(4)16(12(10)3)21(19,20)17-14-7-5-6-8-15(14)18/h9,14-15,17-18H,5-8H2,1-4H3/t14-,15-/m1/s1. The minimum Gasteiger partial charge on any atom is -0.391 e. The zero-order valence-electron chi connectivity index (χ0n) is 13.2. The normalized spacial score (nSPS) is 23.3. The zero-order valence-corrected chi connectivity index (χ0v) is 14.0. The topological polar surface area (TPSA) is 66.4 Å². The Kier molecular flexibility index (Phi) is 4.76. The van der Waals surface area contributed by atoms with Gasteiger partial charge in [-0.05, 0) is 62.8 Å². The molecule has 0 bridgehead atoms. The van der Waals surface area contributed by atoms with Gasteiger partial charge in [0.15, 0.2) is 0 Å². The quantitative estimate of drug-likeness (QED) is 0.901. The van der Waals surface area contributed by atoms with Crippen molar-refractivity contribution < 1.29 is 13.5 Å². The van der Waals surface area contributed by atoms with Crippen LogP contribution in [0, 0.1) is 27.7 Å². The number of aryl methyl sites for hydroxylation is 2. The number of benzene rings is 1. The summed E-state index contributed by atoms with van der Waals surface area (Å²) < 4.78 is 28.3. The fourth-order valence-corrected chi connectivity index (χ4v) is 5.01. The van der Waals surface area contributed by atoms with Gasteiger partial charge in [-0.15, -0.1) is 0 Å². The molecule has 1 aliphatic rings. The summed E-state index contributed by atoms with van der Waals surface area (Å²) in [4.78, 5) is 0.373. The SMILES string of the molecule is Cc1cc(C)c(C)c(S(=O)(=O)N[C@@H]2CCCC[C@H]2O)c1C. The third-order valence-corrected chi connectivity index (χ3v) is 6.36. The molecule has 118 valence electrons. The van der Waals surface area contributed by atoms with E-state index < -0.39 is 16.1 Å². The Labute approximate surface area is 127 Å². The molecule has 2 N–H and O–H groups in total. The van der Waals surface area contributed by atoms with E-state index in [1.807, 2.05) is 33.8 Å². The van der Waals surface area contributed by atoms with Crippen LogP contribution in [-0.2, 0) is 10.0 Å². The number of aliphatic hydroxyl groups is 1. The lowest BCUT2D eigenvalue weighted by Crippen LogP contribution is -2.45. The maximum absolute atomic E-state index is 12.8. The summed E-state index contributed by atoms with van der Waals surface area (Å²) in [5.41, 5.74) is 3.53. The predicted octanol–water partition coefficient (Wildman–Crippen LogP) is 2.50. The van der Waals surface area contributed by atoms with Crippen molar-refractivity contribution >= 4 is 10.0 Å². The van der Waals surface area contributed by atoms with E-state index in [0.717, 1.165) is 35.1 Å². The molecule has 2 rings (SSSR count). The highest BCUT2D eigenvalue weighted by Crippen LogP contribution is 2.27. The van der Waals surface area contributed by atoms with Crippen molar-refractivity contribution in [1.29, 1.82) is 0 Å². The second-order valence-corrected chi connectivity index (χ2v) is 7.82. The number of sulfonamides is 1. The van der Waals surface area contributed by atoms with Crippen molar-refractivity contribution in [2.24, 2.45) is 0 Å². The highest BCUT2D eigenvalue weighted by atomic mass is 32.2. The van der Waals surface area contributed by atoms with Crippen LogP contribution < -0.4 is 4.72 Å². The summed E-state index contributed by atoms with van der Waals surface area (Å²) in [5, 5.41) is 10.0. The summed E-state index contributed by atoms with van der Waals surface area (Å²) >= 11 is 0. The Morgan fingerprint density at radius 1 is 1.05 bits per heavy atom. The van der Waals surface area contributed by atoms with E-state index in [1.165, 1.54) is 0 Å². The molecule has 0 radical (unpaired) electrons. The molecule has 0 aliphatic heterocycles. The predicted molar refractivity (Wildman–Crippen MR) is 84.0 cm³/mol. The van der Waals surface area contributed by atoms with E-state index in [0.29, 0.717) is 17.7 Å². The molecule has 21 heavy (non-hydrogen) atoms.